The largest absolute Gasteiger partial charge is 0.399 e. The third-order valence-corrected chi connectivity index (χ3v) is 3.20. The number of rotatable bonds is 3. The van der Waals surface area contributed by atoms with E-state index in [1.54, 1.807) is 6.20 Å². The van der Waals surface area contributed by atoms with Crippen LogP contribution in [0.4, 0.5) is 5.69 Å². The number of aromatic nitrogens is 1. The van der Waals surface area contributed by atoms with Gasteiger partial charge in [-0.25, -0.2) is 0 Å². The Hall–Kier alpha value is -1.97. The highest BCUT2D eigenvalue weighted by molar-refractivity contribution is 6.07. The topological polar surface area (TPSA) is 70.9 Å². The van der Waals surface area contributed by atoms with Crippen LogP contribution in [0.2, 0.25) is 0 Å². The zero-order chi connectivity index (χ0) is 11.8. The molecule has 0 unspecified atom stereocenters. The van der Waals surface area contributed by atoms with E-state index in [-0.39, 0.29) is 5.91 Å². The van der Waals surface area contributed by atoms with E-state index in [9.17, 15) is 4.79 Å². The van der Waals surface area contributed by atoms with E-state index in [0.717, 1.165) is 17.4 Å². The van der Waals surface area contributed by atoms with Crippen molar-refractivity contribution in [2.45, 2.75) is 12.8 Å². The number of H-pyrrole nitrogens is 1. The van der Waals surface area contributed by atoms with Crippen molar-refractivity contribution >= 4 is 22.5 Å². The van der Waals surface area contributed by atoms with Gasteiger partial charge in [0.2, 0.25) is 0 Å². The molecule has 4 N–H and O–H groups in total. The first-order valence-electron chi connectivity index (χ1n) is 5.89. The summed E-state index contributed by atoms with van der Waals surface area (Å²) in [7, 11) is 0. The second-order valence-electron chi connectivity index (χ2n) is 4.66. The third kappa shape index (κ3) is 1.98. The van der Waals surface area contributed by atoms with Crippen molar-refractivity contribution < 1.29 is 4.79 Å². The summed E-state index contributed by atoms with van der Waals surface area (Å²) in [6.45, 7) is 0.786. The molecule has 1 aromatic carbocycles. The molecule has 0 atom stereocenters. The zero-order valence-corrected chi connectivity index (χ0v) is 9.49. The number of hydrogen-bond donors (Lipinski definition) is 3. The van der Waals surface area contributed by atoms with Gasteiger partial charge in [0.25, 0.3) is 5.91 Å². The first-order valence-corrected chi connectivity index (χ1v) is 5.89. The van der Waals surface area contributed by atoms with Crippen molar-refractivity contribution in [1.82, 2.24) is 10.3 Å². The summed E-state index contributed by atoms with van der Waals surface area (Å²) in [6, 6.07) is 5.55. The van der Waals surface area contributed by atoms with E-state index in [1.807, 2.05) is 18.2 Å². The van der Waals surface area contributed by atoms with Crippen LogP contribution < -0.4 is 11.1 Å². The fourth-order valence-corrected chi connectivity index (χ4v) is 1.98. The Morgan fingerprint density at radius 3 is 3.06 bits per heavy atom. The van der Waals surface area contributed by atoms with Gasteiger partial charge < -0.3 is 16.0 Å². The number of nitrogens with two attached hydrogens (primary N) is 1. The van der Waals surface area contributed by atoms with Gasteiger partial charge in [0.05, 0.1) is 5.56 Å². The summed E-state index contributed by atoms with van der Waals surface area (Å²) in [4.78, 5) is 15.1. The Kier molecular flexibility index (Phi) is 2.28. The Morgan fingerprint density at radius 1 is 1.47 bits per heavy atom. The molecule has 1 fully saturated rings. The summed E-state index contributed by atoms with van der Waals surface area (Å²) in [5.74, 6) is 0.669. The molecule has 1 heterocycles. The number of fused-ring (bicyclic) bond motifs is 1. The maximum Gasteiger partial charge on any atom is 0.253 e. The molecule has 3 rings (SSSR count). The zero-order valence-electron chi connectivity index (χ0n) is 9.49. The Morgan fingerprint density at radius 2 is 2.29 bits per heavy atom. The molecule has 0 bridgehead atoms. The number of benzene rings is 1. The fraction of sp³-hybridized carbons (Fsp3) is 0.308. The first-order chi connectivity index (χ1) is 8.24. The molecule has 0 radical (unpaired) electrons. The Bertz CT molecular complexity index is 569. The van der Waals surface area contributed by atoms with Gasteiger partial charge in [-0.15, -0.1) is 0 Å². The molecule has 1 aliphatic carbocycles. The van der Waals surface area contributed by atoms with E-state index >= 15 is 0 Å². The average Bonchev–Trinajstić information content (AvgIpc) is 3.05. The number of aromatic amines is 1. The minimum atomic E-state index is -0.0197. The van der Waals surface area contributed by atoms with Crippen molar-refractivity contribution in [2.24, 2.45) is 5.92 Å². The number of hydrogen-bond acceptors (Lipinski definition) is 2. The van der Waals surface area contributed by atoms with E-state index in [1.165, 1.54) is 12.8 Å². The van der Waals surface area contributed by atoms with Crippen LogP contribution in [-0.4, -0.2) is 17.4 Å². The van der Waals surface area contributed by atoms with E-state index < -0.39 is 0 Å². The lowest BCUT2D eigenvalue weighted by atomic mass is 10.1. The standard InChI is InChI=1S/C13H15N3O/c14-9-3-4-12-10(5-9)11(7-15-12)13(17)16-6-8-1-2-8/h3-5,7-8,15H,1-2,6,14H2,(H,16,17). The maximum atomic E-state index is 12.0. The van der Waals surface area contributed by atoms with Gasteiger partial charge in [-0.3, -0.25) is 4.79 Å². The Balaban J connectivity index is 1.87. The van der Waals surface area contributed by atoms with Gasteiger partial charge >= 0.3 is 0 Å². The number of nitrogens with one attached hydrogen (secondary N) is 2. The quantitative estimate of drug-likeness (QED) is 0.703. The molecular formula is C13H15N3O. The average molecular weight is 229 g/mol. The fourth-order valence-electron chi connectivity index (χ4n) is 1.98. The summed E-state index contributed by atoms with van der Waals surface area (Å²) in [5, 5.41) is 3.85. The lowest BCUT2D eigenvalue weighted by Crippen LogP contribution is -2.25. The van der Waals surface area contributed by atoms with Crippen molar-refractivity contribution in [3.8, 4) is 0 Å². The molecule has 0 aliphatic heterocycles. The predicted molar refractivity (Wildman–Crippen MR) is 67.8 cm³/mol. The SMILES string of the molecule is Nc1ccc2[nH]cc(C(=O)NCC3CC3)c2c1. The van der Waals surface area contributed by atoms with Crippen LogP contribution in [0.5, 0.6) is 0 Å². The number of amides is 1. The number of carbonyl (C=O) groups is 1. The van der Waals surface area contributed by atoms with Gasteiger partial charge in [-0.2, -0.15) is 0 Å². The number of nitrogen functional groups attached to an aromatic ring is 1. The molecule has 4 heteroatoms. The van der Waals surface area contributed by atoms with Gasteiger partial charge in [-0.1, -0.05) is 0 Å². The maximum absolute atomic E-state index is 12.0. The van der Waals surface area contributed by atoms with Crippen LogP contribution in [0, 0.1) is 5.92 Å². The third-order valence-electron chi connectivity index (χ3n) is 3.20. The summed E-state index contributed by atoms with van der Waals surface area (Å²) in [5.41, 5.74) is 8.03. The Labute approximate surface area is 99.2 Å². The number of anilines is 1. The molecule has 88 valence electrons. The molecule has 0 spiro atoms. The van der Waals surface area contributed by atoms with Crippen LogP contribution in [0.25, 0.3) is 10.9 Å². The lowest BCUT2D eigenvalue weighted by molar-refractivity contribution is 0.0953. The van der Waals surface area contributed by atoms with Crippen LogP contribution in [0.3, 0.4) is 0 Å². The monoisotopic (exact) mass is 229 g/mol. The molecule has 0 saturated heterocycles. The molecule has 1 amide bonds. The van der Waals surface area contributed by atoms with Crippen molar-refractivity contribution in [2.75, 3.05) is 12.3 Å². The highest BCUT2D eigenvalue weighted by Crippen LogP contribution is 2.28. The summed E-state index contributed by atoms with van der Waals surface area (Å²) in [6.07, 6.45) is 4.22. The lowest BCUT2D eigenvalue weighted by Gasteiger charge is -2.02. The van der Waals surface area contributed by atoms with E-state index in [2.05, 4.69) is 10.3 Å². The van der Waals surface area contributed by atoms with Crippen molar-refractivity contribution in [3.05, 3.63) is 30.0 Å². The summed E-state index contributed by atoms with van der Waals surface area (Å²) >= 11 is 0. The molecule has 1 aliphatic rings. The van der Waals surface area contributed by atoms with Gasteiger partial charge in [0.15, 0.2) is 0 Å². The van der Waals surface area contributed by atoms with E-state index in [4.69, 9.17) is 5.73 Å². The van der Waals surface area contributed by atoms with Gasteiger partial charge in [-0.05, 0) is 37.0 Å². The molecule has 4 nitrogen and oxygen atoms in total. The van der Waals surface area contributed by atoms with Crippen LogP contribution in [0.15, 0.2) is 24.4 Å². The minimum absolute atomic E-state index is 0.0197. The van der Waals surface area contributed by atoms with Crippen molar-refractivity contribution in [1.29, 1.82) is 0 Å². The van der Waals surface area contributed by atoms with Crippen molar-refractivity contribution in [3.63, 3.8) is 0 Å². The highest BCUT2D eigenvalue weighted by atomic mass is 16.1. The molecular weight excluding hydrogens is 214 g/mol. The first kappa shape index (κ1) is 10.2. The smallest absolute Gasteiger partial charge is 0.253 e. The van der Waals surface area contributed by atoms with E-state index in [0.29, 0.717) is 17.2 Å². The number of carbonyl (C=O) groups excluding carboxylic acids is 1. The van der Waals surface area contributed by atoms with Gasteiger partial charge in [0.1, 0.15) is 0 Å². The van der Waals surface area contributed by atoms with Crippen LogP contribution >= 0.6 is 0 Å². The highest BCUT2D eigenvalue weighted by Gasteiger charge is 2.22. The second-order valence-corrected chi connectivity index (χ2v) is 4.66. The molecule has 1 saturated carbocycles. The molecule has 17 heavy (non-hydrogen) atoms. The molecule has 1 aromatic heterocycles. The minimum Gasteiger partial charge on any atom is -0.399 e. The van der Waals surface area contributed by atoms with Gasteiger partial charge in [0, 0.05) is 29.3 Å². The molecule has 2 aromatic rings. The van der Waals surface area contributed by atoms with Crippen LogP contribution in [-0.2, 0) is 0 Å². The predicted octanol–water partition coefficient (Wildman–Crippen LogP) is 1.89. The normalized spacial score (nSPS) is 15.1. The summed E-state index contributed by atoms with van der Waals surface area (Å²) < 4.78 is 0. The second kappa shape index (κ2) is 3.80. The van der Waals surface area contributed by atoms with Crippen LogP contribution in [0.1, 0.15) is 23.2 Å².